The lowest BCUT2D eigenvalue weighted by Gasteiger charge is -2.36. The Morgan fingerprint density at radius 1 is 1.22 bits per heavy atom. The van der Waals surface area contributed by atoms with Crippen LogP contribution in [0.2, 0.25) is 0 Å². The molecule has 18 heavy (non-hydrogen) atoms. The summed E-state index contributed by atoms with van der Waals surface area (Å²) in [6.45, 7) is 6.12. The van der Waals surface area contributed by atoms with Crippen molar-refractivity contribution in [1.29, 1.82) is 0 Å². The molecule has 1 aromatic heterocycles. The van der Waals surface area contributed by atoms with Crippen LogP contribution < -0.4 is 0 Å². The van der Waals surface area contributed by atoms with E-state index in [4.69, 9.17) is 0 Å². The zero-order valence-electron chi connectivity index (χ0n) is 11.6. The standard InChI is InChI=1S/C14H23N3O/c1-14(2,17-8-6-4-5-7-9-17)13(18)12-10-15-16(3)11-12/h10-11H,4-9H2,1-3H3. The Hall–Kier alpha value is -1.16. The van der Waals surface area contributed by atoms with Crippen LogP contribution in [0.4, 0.5) is 0 Å². The minimum absolute atomic E-state index is 0.178. The molecule has 2 rings (SSSR count). The smallest absolute Gasteiger partial charge is 0.185 e. The maximum Gasteiger partial charge on any atom is 0.185 e. The number of aromatic nitrogens is 2. The Kier molecular flexibility index (Phi) is 3.85. The van der Waals surface area contributed by atoms with Crippen LogP contribution >= 0.6 is 0 Å². The molecule has 1 aliphatic rings. The summed E-state index contributed by atoms with van der Waals surface area (Å²) in [5, 5.41) is 4.09. The van der Waals surface area contributed by atoms with Crippen molar-refractivity contribution >= 4 is 5.78 Å². The largest absolute Gasteiger partial charge is 0.292 e. The average Bonchev–Trinajstić information content (AvgIpc) is 2.61. The quantitative estimate of drug-likeness (QED) is 0.771. The molecule has 1 saturated heterocycles. The van der Waals surface area contributed by atoms with Crippen molar-refractivity contribution in [3.63, 3.8) is 0 Å². The topological polar surface area (TPSA) is 38.1 Å². The SMILES string of the molecule is Cn1cc(C(=O)C(C)(C)N2CCCCCC2)cn1. The number of carbonyl (C=O) groups is 1. The number of likely N-dealkylation sites (tertiary alicyclic amines) is 1. The van der Waals surface area contributed by atoms with E-state index in [-0.39, 0.29) is 5.78 Å². The van der Waals surface area contributed by atoms with Crippen LogP contribution in [0.1, 0.15) is 49.9 Å². The van der Waals surface area contributed by atoms with E-state index in [1.807, 2.05) is 27.1 Å². The van der Waals surface area contributed by atoms with Crippen molar-refractivity contribution in [3.05, 3.63) is 18.0 Å². The highest BCUT2D eigenvalue weighted by molar-refractivity contribution is 6.02. The van der Waals surface area contributed by atoms with Crippen LogP contribution in [0.5, 0.6) is 0 Å². The Morgan fingerprint density at radius 2 is 1.83 bits per heavy atom. The first-order chi connectivity index (χ1) is 8.51. The molecule has 1 aliphatic heterocycles. The van der Waals surface area contributed by atoms with Crippen molar-refractivity contribution in [2.45, 2.75) is 45.1 Å². The monoisotopic (exact) mass is 249 g/mol. The summed E-state index contributed by atoms with van der Waals surface area (Å²) < 4.78 is 1.69. The molecule has 0 saturated carbocycles. The predicted octanol–water partition coefficient (Wildman–Crippen LogP) is 2.26. The average molecular weight is 249 g/mol. The van der Waals surface area contributed by atoms with Gasteiger partial charge < -0.3 is 0 Å². The van der Waals surface area contributed by atoms with E-state index in [9.17, 15) is 4.79 Å². The van der Waals surface area contributed by atoms with E-state index >= 15 is 0 Å². The fraction of sp³-hybridized carbons (Fsp3) is 0.714. The van der Waals surface area contributed by atoms with Crippen molar-refractivity contribution < 1.29 is 4.79 Å². The van der Waals surface area contributed by atoms with E-state index in [0.29, 0.717) is 5.56 Å². The second-order valence-corrected chi connectivity index (χ2v) is 5.69. The van der Waals surface area contributed by atoms with Gasteiger partial charge in [-0.1, -0.05) is 12.8 Å². The summed E-state index contributed by atoms with van der Waals surface area (Å²) in [5.41, 5.74) is 0.291. The van der Waals surface area contributed by atoms with Gasteiger partial charge in [0, 0.05) is 13.2 Å². The van der Waals surface area contributed by atoms with Crippen molar-refractivity contribution in [1.82, 2.24) is 14.7 Å². The summed E-state index contributed by atoms with van der Waals surface area (Å²) in [7, 11) is 1.84. The normalized spacial score (nSPS) is 18.6. The molecule has 0 aliphatic carbocycles. The Bertz CT molecular complexity index is 414. The lowest BCUT2D eigenvalue weighted by molar-refractivity contribution is 0.0649. The van der Waals surface area contributed by atoms with Crippen LogP contribution in [-0.2, 0) is 7.05 Å². The second kappa shape index (κ2) is 5.22. The number of Topliss-reactive ketones (excluding diaryl/α,β-unsaturated/α-hetero) is 1. The van der Waals surface area contributed by atoms with Crippen molar-refractivity contribution in [3.8, 4) is 0 Å². The van der Waals surface area contributed by atoms with Gasteiger partial charge >= 0.3 is 0 Å². The predicted molar refractivity (Wildman–Crippen MR) is 71.7 cm³/mol. The minimum Gasteiger partial charge on any atom is -0.292 e. The Labute approximate surface area is 109 Å². The first-order valence-electron chi connectivity index (χ1n) is 6.80. The minimum atomic E-state index is -0.423. The number of rotatable bonds is 3. The molecular formula is C14H23N3O. The van der Waals surface area contributed by atoms with Crippen LogP contribution in [-0.4, -0.2) is 39.1 Å². The van der Waals surface area contributed by atoms with Gasteiger partial charge in [-0.25, -0.2) is 0 Å². The zero-order valence-corrected chi connectivity index (χ0v) is 11.6. The second-order valence-electron chi connectivity index (χ2n) is 5.69. The maximum absolute atomic E-state index is 12.6. The summed E-state index contributed by atoms with van der Waals surface area (Å²) in [5.74, 6) is 0.178. The molecule has 100 valence electrons. The van der Waals surface area contributed by atoms with Crippen molar-refractivity contribution in [2.24, 2.45) is 7.05 Å². The molecule has 0 aromatic carbocycles. The van der Waals surface area contributed by atoms with E-state index in [2.05, 4.69) is 10.00 Å². The van der Waals surface area contributed by atoms with Gasteiger partial charge in [0.25, 0.3) is 0 Å². The van der Waals surface area contributed by atoms with E-state index in [1.165, 1.54) is 25.7 Å². The molecule has 4 nitrogen and oxygen atoms in total. The van der Waals surface area contributed by atoms with Gasteiger partial charge in [-0.2, -0.15) is 5.10 Å². The summed E-state index contributed by atoms with van der Waals surface area (Å²) in [4.78, 5) is 14.9. The van der Waals surface area contributed by atoms with Gasteiger partial charge in [-0.15, -0.1) is 0 Å². The lowest BCUT2D eigenvalue weighted by atomic mass is 9.92. The third-order valence-electron chi connectivity index (χ3n) is 3.92. The highest BCUT2D eigenvalue weighted by Gasteiger charge is 2.35. The van der Waals surface area contributed by atoms with Gasteiger partial charge in [0.15, 0.2) is 5.78 Å². The van der Waals surface area contributed by atoms with Crippen LogP contribution in [0.25, 0.3) is 0 Å². The van der Waals surface area contributed by atoms with Gasteiger partial charge in [-0.05, 0) is 39.8 Å². The number of nitrogens with zero attached hydrogens (tertiary/aromatic N) is 3. The van der Waals surface area contributed by atoms with Crippen molar-refractivity contribution in [2.75, 3.05) is 13.1 Å². The fourth-order valence-corrected chi connectivity index (χ4v) is 2.67. The molecule has 1 fully saturated rings. The number of hydrogen-bond donors (Lipinski definition) is 0. The molecule has 4 heteroatoms. The number of aryl methyl sites for hydroxylation is 1. The maximum atomic E-state index is 12.6. The van der Waals surface area contributed by atoms with Gasteiger partial charge in [0.1, 0.15) is 0 Å². The third-order valence-corrected chi connectivity index (χ3v) is 3.92. The highest BCUT2D eigenvalue weighted by atomic mass is 16.1. The van der Waals surface area contributed by atoms with E-state index in [0.717, 1.165) is 13.1 Å². The van der Waals surface area contributed by atoms with Crippen LogP contribution in [0.15, 0.2) is 12.4 Å². The van der Waals surface area contributed by atoms with E-state index < -0.39 is 5.54 Å². The molecule has 0 N–H and O–H groups in total. The Morgan fingerprint density at radius 3 is 2.33 bits per heavy atom. The van der Waals surface area contributed by atoms with Gasteiger partial charge in [-0.3, -0.25) is 14.4 Å². The first kappa shape index (κ1) is 13.3. The molecule has 0 radical (unpaired) electrons. The highest BCUT2D eigenvalue weighted by Crippen LogP contribution is 2.24. The molecule has 0 amide bonds. The molecule has 1 aromatic rings. The molecule has 0 spiro atoms. The van der Waals surface area contributed by atoms with Crippen LogP contribution in [0, 0.1) is 0 Å². The molecule has 0 atom stereocenters. The van der Waals surface area contributed by atoms with Gasteiger partial charge in [0.2, 0.25) is 0 Å². The summed E-state index contributed by atoms with van der Waals surface area (Å²) in [6.07, 6.45) is 8.44. The number of ketones is 1. The van der Waals surface area contributed by atoms with Gasteiger partial charge in [0.05, 0.1) is 17.3 Å². The zero-order chi connectivity index (χ0) is 13.2. The number of carbonyl (C=O) groups excluding carboxylic acids is 1. The first-order valence-corrected chi connectivity index (χ1v) is 6.80. The summed E-state index contributed by atoms with van der Waals surface area (Å²) >= 11 is 0. The third kappa shape index (κ3) is 2.64. The molecule has 0 unspecified atom stereocenters. The van der Waals surface area contributed by atoms with E-state index in [1.54, 1.807) is 10.9 Å². The molecule has 2 heterocycles. The molecular weight excluding hydrogens is 226 g/mol. The molecule has 0 bridgehead atoms. The lowest BCUT2D eigenvalue weighted by Crippen LogP contribution is -2.50. The number of hydrogen-bond acceptors (Lipinski definition) is 3. The summed E-state index contributed by atoms with van der Waals surface area (Å²) in [6, 6.07) is 0. The fourth-order valence-electron chi connectivity index (χ4n) is 2.67. The Balaban J connectivity index is 2.15. The van der Waals surface area contributed by atoms with Crippen LogP contribution in [0.3, 0.4) is 0 Å².